The molecule has 1 amide bonds. The minimum atomic E-state index is -4.48. The average molecular weight is 364 g/mol. The van der Waals surface area contributed by atoms with Gasteiger partial charge in [-0.3, -0.25) is 4.79 Å². The summed E-state index contributed by atoms with van der Waals surface area (Å²) < 4.78 is 39.0. The normalized spacial score (nSPS) is 15.5. The van der Waals surface area contributed by atoms with E-state index in [9.17, 15) is 18.0 Å². The number of anilines is 2. The minimum absolute atomic E-state index is 0.117. The molecule has 1 fully saturated rings. The molecule has 0 atom stereocenters. The van der Waals surface area contributed by atoms with Crippen molar-refractivity contribution >= 4 is 17.4 Å². The Morgan fingerprint density at radius 2 is 1.77 bits per heavy atom. The lowest BCUT2D eigenvalue weighted by Gasteiger charge is -2.22. The molecular formula is C18H19F3N4O. The molecular weight excluding hydrogens is 345 g/mol. The molecule has 0 aliphatic heterocycles. The summed E-state index contributed by atoms with van der Waals surface area (Å²) in [6.07, 6.45) is 3.32. The second-order valence-electron chi connectivity index (χ2n) is 6.26. The van der Waals surface area contributed by atoms with Gasteiger partial charge in [0.1, 0.15) is 11.5 Å². The first-order chi connectivity index (χ1) is 12.4. The number of para-hydroxylation sites is 1. The third-order valence-electron chi connectivity index (χ3n) is 4.32. The standard InChI is InChI=1S/C18H19F3N4O/c19-18(20,21)13-8-4-5-9-14(13)25-16-11-22-15(10-23-16)17(26)24-12-6-2-1-3-7-12/h4-5,8-12H,1-3,6-7H2,(H,23,25)(H,24,26). The summed E-state index contributed by atoms with van der Waals surface area (Å²) in [7, 11) is 0. The zero-order valence-corrected chi connectivity index (χ0v) is 14.0. The van der Waals surface area contributed by atoms with E-state index in [0.29, 0.717) is 0 Å². The second-order valence-corrected chi connectivity index (χ2v) is 6.26. The van der Waals surface area contributed by atoms with E-state index in [-0.39, 0.29) is 29.1 Å². The average Bonchev–Trinajstić information content (AvgIpc) is 2.63. The summed E-state index contributed by atoms with van der Waals surface area (Å²) in [4.78, 5) is 20.2. The van der Waals surface area contributed by atoms with Crippen molar-refractivity contribution < 1.29 is 18.0 Å². The van der Waals surface area contributed by atoms with Gasteiger partial charge >= 0.3 is 6.18 Å². The largest absolute Gasteiger partial charge is 0.418 e. The molecule has 1 aliphatic carbocycles. The van der Waals surface area contributed by atoms with Gasteiger partial charge in [-0.2, -0.15) is 13.2 Å². The molecule has 26 heavy (non-hydrogen) atoms. The van der Waals surface area contributed by atoms with Crippen molar-refractivity contribution in [3.8, 4) is 0 Å². The van der Waals surface area contributed by atoms with Gasteiger partial charge in [-0.15, -0.1) is 0 Å². The number of hydrogen-bond acceptors (Lipinski definition) is 4. The van der Waals surface area contributed by atoms with Crippen molar-refractivity contribution in [3.63, 3.8) is 0 Å². The van der Waals surface area contributed by atoms with Crippen LogP contribution in [0.1, 0.15) is 48.2 Å². The van der Waals surface area contributed by atoms with Crippen LogP contribution < -0.4 is 10.6 Å². The molecule has 0 radical (unpaired) electrons. The number of halogens is 3. The molecule has 5 nitrogen and oxygen atoms in total. The monoisotopic (exact) mass is 364 g/mol. The van der Waals surface area contributed by atoms with Crippen molar-refractivity contribution in [1.29, 1.82) is 0 Å². The summed E-state index contributed by atoms with van der Waals surface area (Å²) in [6.45, 7) is 0. The van der Waals surface area contributed by atoms with Gasteiger partial charge in [-0.1, -0.05) is 31.4 Å². The van der Waals surface area contributed by atoms with E-state index in [1.165, 1.54) is 37.0 Å². The molecule has 8 heteroatoms. The van der Waals surface area contributed by atoms with E-state index in [1.807, 2.05) is 0 Å². The molecule has 1 heterocycles. The van der Waals surface area contributed by atoms with Gasteiger partial charge in [0.05, 0.1) is 23.6 Å². The van der Waals surface area contributed by atoms with Crippen molar-refractivity contribution in [2.24, 2.45) is 0 Å². The number of amides is 1. The molecule has 1 aliphatic rings. The number of carbonyl (C=O) groups is 1. The Kier molecular flexibility index (Phi) is 5.39. The molecule has 138 valence electrons. The topological polar surface area (TPSA) is 66.9 Å². The third-order valence-corrected chi connectivity index (χ3v) is 4.32. The van der Waals surface area contributed by atoms with Crippen LogP contribution in [0.2, 0.25) is 0 Å². The van der Waals surface area contributed by atoms with Crippen LogP contribution in [0, 0.1) is 0 Å². The van der Waals surface area contributed by atoms with Crippen LogP contribution in [0.5, 0.6) is 0 Å². The van der Waals surface area contributed by atoms with Gasteiger partial charge < -0.3 is 10.6 Å². The lowest BCUT2D eigenvalue weighted by atomic mass is 9.95. The highest BCUT2D eigenvalue weighted by molar-refractivity contribution is 5.92. The smallest absolute Gasteiger partial charge is 0.348 e. The molecule has 1 aromatic heterocycles. The summed E-state index contributed by atoms with van der Waals surface area (Å²) in [6, 6.07) is 5.26. The maximum absolute atomic E-state index is 13.0. The van der Waals surface area contributed by atoms with Crippen LogP contribution >= 0.6 is 0 Å². The Balaban J connectivity index is 1.67. The number of nitrogens with zero attached hydrogens (tertiary/aromatic N) is 2. The fourth-order valence-corrected chi connectivity index (χ4v) is 2.99. The molecule has 2 aromatic rings. The van der Waals surface area contributed by atoms with Gasteiger partial charge in [0.2, 0.25) is 0 Å². The minimum Gasteiger partial charge on any atom is -0.348 e. The summed E-state index contributed by atoms with van der Waals surface area (Å²) >= 11 is 0. The Labute approximate surface area is 149 Å². The first-order valence-corrected chi connectivity index (χ1v) is 8.49. The molecule has 2 N–H and O–H groups in total. The van der Waals surface area contributed by atoms with Crippen LogP contribution in [0.25, 0.3) is 0 Å². The highest BCUT2D eigenvalue weighted by atomic mass is 19.4. The predicted octanol–water partition coefficient (Wildman–Crippen LogP) is 4.30. The summed E-state index contributed by atoms with van der Waals surface area (Å²) in [5.41, 5.74) is -0.764. The molecule has 0 unspecified atom stereocenters. The zero-order valence-electron chi connectivity index (χ0n) is 14.0. The third kappa shape index (κ3) is 4.50. The van der Waals surface area contributed by atoms with Gasteiger partial charge in [0.25, 0.3) is 5.91 Å². The highest BCUT2D eigenvalue weighted by Crippen LogP contribution is 2.35. The van der Waals surface area contributed by atoms with E-state index in [1.54, 1.807) is 0 Å². The molecule has 1 aromatic carbocycles. The summed E-state index contributed by atoms with van der Waals surface area (Å²) in [5.74, 6) is -0.178. The van der Waals surface area contributed by atoms with Crippen LogP contribution in [-0.2, 0) is 6.18 Å². The number of rotatable bonds is 4. The van der Waals surface area contributed by atoms with Gasteiger partial charge in [0.15, 0.2) is 0 Å². The van der Waals surface area contributed by atoms with Crippen molar-refractivity contribution in [3.05, 3.63) is 47.9 Å². The quantitative estimate of drug-likeness (QED) is 0.849. The SMILES string of the molecule is O=C(NC1CCCCC1)c1cnc(Nc2ccccc2C(F)(F)F)cn1. The van der Waals surface area contributed by atoms with Crippen molar-refractivity contribution in [2.45, 2.75) is 44.3 Å². The van der Waals surface area contributed by atoms with Crippen molar-refractivity contribution in [2.75, 3.05) is 5.32 Å². The van der Waals surface area contributed by atoms with Crippen LogP contribution in [0.3, 0.4) is 0 Å². The van der Waals surface area contributed by atoms with Crippen LogP contribution in [0.4, 0.5) is 24.7 Å². The molecule has 0 spiro atoms. The maximum Gasteiger partial charge on any atom is 0.418 e. The van der Waals surface area contributed by atoms with E-state index in [0.717, 1.165) is 31.7 Å². The van der Waals surface area contributed by atoms with E-state index < -0.39 is 11.7 Å². The number of aromatic nitrogens is 2. The Bertz CT molecular complexity index is 756. The van der Waals surface area contributed by atoms with Gasteiger partial charge in [0, 0.05) is 6.04 Å². The lowest BCUT2D eigenvalue weighted by Crippen LogP contribution is -2.36. The lowest BCUT2D eigenvalue weighted by molar-refractivity contribution is -0.136. The van der Waals surface area contributed by atoms with E-state index >= 15 is 0 Å². The van der Waals surface area contributed by atoms with Gasteiger partial charge in [-0.25, -0.2) is 9.97 Å². The number of benzene rings is 1. The molecule has 1 saturated carbocycles. The first kappa shape index (κ1) is 18.2. The maximum atomic E-state index is 13.0. The number of carbonyl (C=O) groups excluding carboxylic acids is 1. The highest BCUT2D eigenvalue weighted by Gasteiger charge is 2.33. The Hall–Kier alpha value is -2.64. The van der Waals surface area contributed by atoms with Gasteiger partial charge in [-0.05, 0) is 25.0 Å². The Morgan fingerprint density at radius 1 is 1.04 bits per heavy atom. The van der Waals surface area contributed by atoms with E-state index in [2.05, 4.69) is 20.6 Å². The van der Waals surface area contributed by atoms with Crippen molar-refractivity contribution in [1.82, 2.24) is 15.3 Å². The molecule has 0 bridgehead atoms. The van der Waals surface area contributed by atoms with Crippen LogP contribution in [-0.4, -0.2) is 21.9 Å². The number of hydrogen-bond donors (Lipinski definition) is 2. The number of alkyl halides is 3. The first-order valence-electron chi connectivity index (χ1n) is 8.49. The fraction of sp³-hybridized carbons (Fsp3) is 0.389. The molecule has 0 saturated heterocycles. The number of nitrogens with one attached hydrogen (secondary N) is 2. The fourth-order valence-electron chi connectivity index (χ4n) is 2.99. The predicted molar refractivity (Wildman–Crippen MR) is 91.1 cm³/mol. The second kappa shape index (κ2) is 7.72. The summed E-state index contributed by atoms with van der Waals surface area (Å²) in [5, 5.41) is 5.52. The zero-order chi connectivity index (χ0) is 18.6. The molecule has 3 rings (SSSR count). The van der Waals surface area contributed by atoms with E-state index in [4.69, 9.17) is 0 Å². The van der Waals surface area contributed by atoms with Crippen LogP contribution in [0.15, 0.2) is 36.7 Å². The Morgan fingerprint density at radius 3 is 2.42 bits per heavy atom.